The summed E-state index contributed by atoms with van der Waals surface area (Å²) in [5.74, 6) is 0.530. The topological polar surface area (TPSA) is 63.6 Å². The van der Waals surface area contributed by atoms with Crippen molar-refractivity contribution in [3.63, 3.8) is 0 Å². The first-order chi connectivity index (χ1) is 9.33. The zero-order chi connectivity index (χ0) is 13.1. The molecule has 0 saturated carbocycles. The lowest BCUT2D eigenvalue weighted by atomic mass is 10.2. The van der Waals surface area contributed by atoms with Crippen molar-refractivity contribution in [2.24, 2.45) is 0 Å². The highest BCUT2D eigenvalue weighted by Gasteiger charge is 2.02. The van der Waals surface area contributed by atoms with Gasteiger partial charge in [0.1, 0.15) is 5.52 Å². The van der Waals surface area contributed by atoms with Crippen molar-refractivity contribution in [1.82, 2.24) is 20.2 Å². The van der Waals surface area contributed by atoms with Gasteiger partial charge in [0.05, 0.1) is 5.52 Å². The molecule has 3 rings (SSSR count). The number of nitrogens with zero attached hydrogens (tertiary/aromatic N) is 4. The van der Waals surface area contributed by atoms with Crippen molar-refractivity contribution < 1.29 is 0 Å². The number of hydrogen-bond donors (Lipinski definition) is 1. The molecule has 0 bridgehead atoms. The molecule has 1 N–H and O–H groups in total. The van der Waals surface area contributed by atoms with Crippen LogP contribution in [0.2, 0.25) is 0 Å². The SMILES string of the molecule is Cc1ccncc1CNc1nnc2ccccc2n1. The van der Waals surface area contributed by atoms with Crippen LogP contribution in [0.1, 0.15) is 11.1 Å². The molecule has 5 nitrogen and oxygen atoms in total. The zero-order valence-electron chi connectivity index (χ0n) is 10.5. The van der Waals surface area contributed by atoms with E-state index >= 15 is 0 Å². The van der Waals surface area contributed by atoms with E-state index in [1.165, 1.54) is 5.56 Å². The smallest absolute Gasteiger partial charge is 0.243 e. The van der Waals surface area contributed by atoms with E-state index in [9.17, 15) is 0 Å². The molecule has 2 heterocycles. The highest BCUT2D eigenvalue weighted by atomic mass is 15.2. The minimum absolute atomic E-state index is 0.530. The van der Waals surface area contributed by atoms with Gasteiger partial charge in [-0.15, -0.1) is 10.2 Å². The molecule has 0 radical (unpaired) electrons. The molecular weight excluding hydrogens is 238 g/mol. The number of fused-ring (bicyclic) bond motifs is 1. The molecule has 0 aliphatic carbocycles. The van der Waals surface area contributed by atoms with Crippen LogP contribution in [0.15, 0.2) is 42.7 Å². The predicted octanol–water partition coefficient (Wildman–Crippen LogP) is 2.34. The molecule has 0 unspecified atom stereocenters. The summed E-state index contributed by atoms with van der Waals surface area (Å²) in [6.45, 7) is 2.69. The van der Waals surface area contributed by atoms with Gasteiger partial charge < -0.3 is 5.32 Å². The van der Waals surface area contributed by atoms with Gasteiger partial charge in [0.25, 0.3) is 0 Å². The molecule has 0 fully saturated rings. The number of benzene rings is 1. The first-order valence-electron chi connectivity index (χ1n) is 6.06. The van der Waals surface area contributed by atoms with E-state index in [1.54, 1.807) is 6.20 Å². The van der Waals surface area contributed by atoms with Gasteiger partial charge in [-0.05, 0) is 36.2 Å². The number of rotatable bonds is 3. The molecule has 0 amide bonds. The molecule has 0 atom stereocenters. The van der Waals surface area contributed by atoms with Gasteiger partial charge in [-0.25, -0.2) is 4.98 Å². The van der Waals surface area contributed by atoms with Gasteiger partial charge in [0.15, 0.2) is 0 Å². The molecular formula is C14H13N5. The number of nitrogens with one attached hydrogen (secondary N) is 1. The van der Waals surface area contributed by atoms with Crippen LogP contribution in [-0.2, 0) is 6.54 Å². The van der Waals surface area contributed by atoms with Crippen molar-refractivity contribution in [1.29, 1.82) is 0 Å². The Morgan fingerprint density at radius 2 is 1.89 bits per heavy atom. The van der Waals surface area contributed by atoms with Crippen LogP contribution in [0.4, 0.5) is 5.95 Å². The molecule has 5 heteroatoms. The van der Waals surface area contributed by atoms with Gasteiger partial charge in [-0.2, -0.15) is 0 Å². The standard InChI is InChI=1S/C14H13N5/c1-10-6-7-15-8-11(10)9-16-14-17-12-4-2-3-5-13(12)18-19-14/h2-8H,9H2,1H3,(H,16,17,19). The lowest BCUT2D eigenvalue weighted by Gasteiger charge is -2.06. The number of hydrogen-bond acceptors (Lipinski definition) is 5. The van der Waals surface area contributed by atoms with E-state index in [4.69, 9.17) is 0 Å². The van der Waals surface area contributed by atoms with Crippen LogP contribution >= 0.6 is 0 Å². The van der Waals surface area contributed by atoms with Gasteiger partial charge in [-0.3, -0.25) is 4.98 Å². The van der Waals surface area contributed by atoms with Gasteiger partial charge >= 0.3 is 0 Å². The molecule has 0 spiro atoms. The fourth-order valence-electron chi connectivity index (χ4n) is 1.81. The summed E-state index contributed by atoms with van der Waals surface area (Å²) in [6, 6.07) is 9.66. The van der Waals surface area contributed by atoms with Crippen molar-refractivity contribution >= 4 is 17.0 Å². The summed E-state index contributed by atoms with van der Waals surface area (Å²) < 4.78 is 0. The first kappa shape index (κ1) is 11.5. The highest BCUT2D eigenvalue weighted by Crippen LogP contribution is 2.11. The summed E-state index contributed by atoms with van der Waals surface area (Å²) in [7, 11) is 0. The summed E-state index contributed by atoms with van der Waals surface area (Å²) in [5.41, 5.74) is 3.95. The van der Waals surface area contributed by atoms with Crippen molar-refractivity contribution in [3.8, 4) is 0 Å². The van der Waals surface area contributed by atoms with Gasteiger partial charge in [-0.1, -0.05) is 12.1 Å². The third-order valence-corrected chi connectivity index (χ3v) is 2.94. The highest BCUT2D eigenvalue weighted by molar-refractivity contribution is 5.74. The first-order valence-corrected chi connectivity index (χ1v) is 6.06. The van der Waals surface area contributed by atoms with E-state index in [0.717, 1.165) is 16.6 Å². The van der Waals surface area contributed by atoms with Crippen LogP contribution in [0.3, 0.4) is 0 Å². The summed E-state index contributed by atoms with van der Waals surface area (Å²) >= 11 is 0. The molecule has 0 saturated heterocycles. The van der Waals surface area contributed by atoms with Crippen LogP contribution in [0.25, 0.3) is 11.0 Å². The van der Waals surface area contributed by atoms with Crippen molar-refractivity contribution in [3.05, 3.63) is 53.9 Å². The van der Waals surface area contributed by atoms with Crippen LogP contribution < -0.4 is 5.32 Å². The van der Waals surface area contributed by atoms with Gasteiger partial charge in [0, 0.05) is 18.9 Å². The van der Waals surface area contributed by atoms with E-state index in [0.29, 0.717) is 12.5 Å². The Morgan fingerprint density at radius 1 is 1.05 bits per heavy atom. The predicted molar refractivity (Wildman–Crippen MR) is 73.6 cm³/mol. The van der Waals surface area contributed by atoms with Crippen LogP contribution in [0.5, 0.6) is 0 Å². The number of aromatic nitrogens is 4. The molecule has 0 aliphatic heterocycles. The Balaban J connectivity index is 1.80. The Labute approximate surface area is 110 Å². The average molecular weight is 251 g/mol. The van der Waals surface area contributed by atoms with Crippen molar-refractivity contribution in [2.75, 3.05) is 5.32 Å². The molecule has 2 aromatic heterocycles. The van der Waals surface area contributed by atoms with Gasteiger partial charge in [0.2, 0.25) is 5.95 Å². The maximum Gasteiger partial charge on any atom is 0.243 e. The molecule has 0 aliphatic rings. The number of anilines is 1. The fraction of sp³-hybridized carbons (Fsp3) is 0.143. The summed E-state index contributed by atoms with van der Waals surface area (Å²) in [5, 5.41) is 11.4. The normalized spacial score (nSPS) is 10.6. The largest absolute Gasteiger partial charge is 0.349 e. The van der Waals surface area contributed by atoms with Crippen LogP contribution in [0, 0.1) is 6.92 Å². The Bertz CT molecular complexity index is 711. The van der Waals surface area contributed by atoms with E-state index in [2.05, 4.69) is 32.4 Å². The average Bonchev–Trinajstić information content (AvgIpc) is 2.46. The molecule has 94 valence electrons. The fourth-order valence-corrected chi connectivity index (χ4v) is 1.81. The number of pyridine rings is 1. The lowest BCUT2D eigenvalue weighted by Crippen LogP contribution is -2.06. The number of aryl methyl sites for hydroxylation is 1. The Morgan fingerprint density at radius 3 is 2.74 bits per heavy atom. The third-order valence-electron chi connectivity index (χ3n) is 2.94. The number of para-hydroxylation sites is 1. The summed E-state index contributed by atoms with van der Waals surface area (Å²) in [6.07, 6.45) is 3.63. The second-order valence-corrected chi connectivity index (χ2v) is 4.28. The second-order valence-electron chi connectivity index (χ2n) is 4.28. The second kappa shape index (κ2) is 4.97. The Kier molecular flexibility index (Phi) is 3.02. The minimum Gasteiger partial charge on any atom is -0.349 e. The molecule has 3 aromatic rings. The quantitative estimate of drug-likeness (QED) is 0.774. The maximum absolute atomic E-state index is 4.41. The molecule has 1 aromatic carbocycles. The Hall–Kier alpha value is -2.56. The summed E-state index contributed by atoms with van der Waals surface area (Å²) in [4.78, 5) is 8.53. The van der Waals surface area contributed by atoms with Crippen LogP contribution in [-0.4, -0.2) is 20.2 Å². The monoisotopic (exact) mass is 251 g/mol. The van der Waals surface area contributed by atoms with E-state index < -0.39 is 0 Å². The van der Waals surface area contributed by atoms with E-state index in [-0.39, 0.29) is 0 Å². The molecule has 19 heavy (non-hydrogen) atoms. The van der Waals surface area contributed by atoms with E-state index in [1.807, 2.05) is 36.5 Å². The lowest BCUT2D eigenvalue weighted by molar-refractivity contribution is 0.974. The minimum atomic E-state index is 0.530. The maximum atomic E-state index is 4.41. The third kappa shape index (κ3) is 2.49. The van der Waals surface area contributed by atoms with Crippen molar-refractivity contribution in [2.45, 2.75) is 13.5 Å². The zero-order valence-corrected chi connectivity index (χ0v) is 10.5.